The third kappa shape index (κ3) is 5.35. The molecule has 0 fully saturated rings. The van der Waals surface area contributed by atoms with Crippen molar-refractivity contribution < 1.29 is 23.7 Å². The topological polar surface area (TPSA) is 66.4 Å². The van der Waals surface area contributed by atoms with Crippen LogP contribution in [0.25, 0.3) is 6.08 Å². The highest BCUT2D eigenvalue weighted by atomic mass is 16.6. The van der Waals surface area contributed by atoms with Crippen LogP contribution in [0.4, 0.5) is 0 Å². The van der Waals surface area contributed by atoms with Gasteiger partial charge in [-0.1, -0.05) is 42.5 Å². The summed E-state index contributed by atoms with van der Waals surface area (Å²) >= 11 is 0. The van der Waals surface area contributed by atoms with Crippen LogP contribution in [0.2, 0.25) is 0 Å². The number of carbonyl (C=O) groups excluding carboxylic acids is 1. The number of carbonyl (C=O) groups is 1. The van der Waals surface area contributed by atoms with Gasteiger partial charge >= 0.3 is 5.97 Å². The Morgan fingerprint density at radius 1 is 0.844 bits per heavy atom. The number of rotatable bonds is 9. The minimum atomic E-state index is -0.486. The van der Waals surface area contributed by atoms with Crippen LogP contribution in [0.5, 0.6) is 17.2 Å². The first-order valence-electron chi connectivity index (χ1n) is 10.4. The summed E-state index contributed by atoms with van der Waals surface area (Å²) in [7, 11) is 0. The Bertz CT molecular complexity index is 1120. The fourth-order valence-electron chi connectivity index (χ4n) is 3.10. The number of cyclic esters (lactones) is 1. The van der Waals surface area contributed by atoms with E-state index in [1.165, 1.54) is 0 Å². The standard InChI is InChI=1S/C26H23NO5/c1-2-29-24-18-19(13-14-23(24)31-16-15-30-21-11-7-4-8-12-21)17-22-26(28)32-25(27-22)20-9-5-3-6-10-20/h3-14,17-18H,2,15-16H2,1H3/b22-17+. The predicted molar refractivity (Wildman–Crippen MR) is 122 cm³/mol. The lowest BCUT2D eigenvalue weighted by atomic mass is 10.1. The monoisotopic (exact) mass is 429 g/mol. The minimum Gasteiger partial charge on any atom is -0.490 e. The fraction of sp³-hybridized carbons (Fsp3) is 0.154. The Kier molecular flexibility index (Phi) is 6.82. The van der Waals surface area contributed by atoms with Gasteiger partial charge in [0.2, 0.25) is 5.90 Å². The molecular weight excluding hydrogens is 406 g/mol. The summed E-state index contributed by atoms with van der Waals surface area (Å²) in [6.45, 7) is 3.16. The Hall–Kier alpha value is -4.06. The number of esters is 1. The number of aliphatic imine (C=N–C) groups is 1. The maximum Gasteiger partial charge on any atom is 0.363 e. The van der Waals surface area contributed by atoms with Crippen LogP contribution in [0.15, 0.2) is 89.6 Å². The molecule has 0 bridgehead atoms. The van der Waals surface area contributed by atoms with Crippen molar-refractivity contribution in [3.05, 3.63) is 95.7 Å². The predicted octanol–water partition coefficient (Wildman–Crippen LogP) is 4.89. The molecule has 6 heteroatoms. The lowest BCUT2D eigenvalue weighted by Gasteiger charge is -2.13. The molecule has 0 aliphatic carbocycles. The number of nitrogens with zero attached hydrogens (tertiary/aromatic N) is 1. The van der Waals surface area contributed by atoms with E-state index >= 15 is 0 Å². The van der Waals surface area contributed by atoms with E-state index in [-0.39, 0.29) is 5.70 Å². The highest BCUT2D eigenvalue weighted by Crippen LogP contribution is 2.30. The van der Waals surface area contributed by atoms with Crippen LogP contribution in [-0.4, -0.2) is 31.7 Å². The van der Waals surface area contributed by atoms with Gasteiger partial charge in [0.1, 0.15) is 19.0 Å². The van der Waals surface area contributed by atoms with Crippen LogP contribution in [0.1, 0.15) is 18.1 Å². The molecule has 0 spiro atoms. The molecule has 0 aromatic heterocycles. The molecule has 0 saturated carbocycles. The smallest absolute Gasteiger partial charge is 0.363 e. The summed E-state index contributed by atoms with van der Waals surface area (Å²) in [6.07, 6.45) is 1.67. The maximum atomic E-state index is 12.3. The molecule has 3 aromatic rings. The molecule has 1 aliphatic heterocycles. The summed E-state index contributed by atoms with van der Waals surface area (Å²) in [5.41, 5.74) is 1.74. The average Bonchev–Trinajstić information content (AvgIpc) is 3.19. The number of ether oxygens (including phenoxy) is 4. The summed E-state index contributed by atoms with van der Waals surface area (Å²) < 4.78 is 22.5. The molecular formula is C26H23NO5. The molecule has 0 unspecified atom stereocenters. The van der Waals surface area contributed by atoms with E-state index in [9.17, 15) is 4.79 Å². The van der Waals surface area contributed by atoms with Crippen molar-refractivity contribution in [2.75, 3.05) is 19.8 Å². The molecule has 32 heavy (non-hydrogen) atoms. The molecule has 0 N–H and O–H groups in total. The first-order valence-corrected chi connectivity index (χ1v) is 10.4. The van der Waals surface area contributed by atoms with Crippen LogP contribution in [0, 0.1) is 0 Å². The van der Waals surface area contributed by atoms with Crippen LogP contribution < -0.4 is 14.2 Å². The summed E-state index contributed by atoms with van der Waals surface area (Å²) in [5, 5.41) is 0. The second-order valence-corrected chi connectivity index (χ2v) is 6.85. The molecule has 0 amide bonds. The molecule has 6 nitrogen and oxygen atoms in total. The molecule has 0 atom stereocenters. The van der Waals surface area contributed by atoms with Crippen molar-refractivity contribution in [1.29, 1.82) is 0 Å². The first-order chi connectivity index (χ1) is 15.7. The summed E-state index contributed by atoms with van der Waals surface area (Å²) in [6, 6.07) is 24.3. The molecule has 3 aromatic carbocycles. The van der Waals surface area contributed by atoms with Crippen LogP contribution >= 0.6 is 0 Å². The van der Waals surface area contributed by atoms with Crippen LogP contribution in [-0.2, 0) is 9.53 Å². The first kappa shape index (κ1) is 21.2. The maximum absolute atomic E-state index is 12.3. The second-order valence-electron chi connectivity index (χ2n) is 6.85. The molecule has 0 saturated heterocycles. The van der Waals surface area contributed by atoms with Gasteiger partial charge in [-0.2, -0.15) is 0 Å². The van der Waals surface area contributed by atoms with E-state index < -0.39 is 5.97 Å². The Morgan fingerprint density at radius 3 is 2.31 bits per heavy atom. The summed E-state index contributed by atoms with van der Waals surface area (Å²) in [5.74, 6) is 1.79. The van der Waals surface area contributed by atoms with Crippen molar-refractivity contribution >= 4 is 17.9 Å². The third-order valence-electron chi connectivity index (χ3n) is 4.57. The number of benzene rings is 3. The van der Waals surface area contributed by atoms with Gasteiger partial charge in [0.05, 0.1) is 6.61 Å². The zero-order valence-electron chi connectivity index (χ0n) is 17.7. The highest BCUT2D eigenvalue weighted by Gasteiger charge is 2.24. The Labute approximate surface area is 186 Å². The highest BCUT2D eigenvalue weighted by molar-refractivity contribution is 6.12. The van der Waals surface area contributed by atoms with Crippen LogP contribution in [0.3, 0.4) is 0 Å². The molecule has 1 heterocycles. The van der Waals surface area contributed by atoms with Gasteiger partial charge in [0, 0.05) is 5.56 Å². The Morgan fingerprint density at radius 2 is 1.56 bits per heavy atom. The van der Waals surface area contributed by atoms with E-state index in [1.807, 2.05) is 85.8 Å². The molecule has 0 radical (unpaired) electrons. The lowest BCUT2D eigenvalue weighted by molar-refractivity contribution is -0.129. The quantitative estimate of drug-likeness (QED) is 0.275. The van der Waals surface area contributed by atoms with E-state index in [0.29, 0.717) is 37.2 Å². The zero-order chi connectivity index (χ0) is 22.2. The van der Waals surface area contributed by atoms with Crippen molar-refractivity contribution in [3.63, 3.8) is 0 Å². The van der Waals surface area contributed by atoms with Gasteiger partial charge in [0.25, 0.3) is 0 Å². The molecule has 162 valence electrons. The average molecular weight is 429 g/mol. The fourth-order valence-corrected chi connectivity index (χ4v) is 3.10. The largest absolute Gasteiger partial charge is 0.490 e. The van der Waals surface area contributed by atoms with Crippen molar-refractivity contribution in [1.82, 2.24) is 0 Å². The van der Waals surface area contributed by atoms with E-state index in [4.69, 9.17) is 18.9 Å². The van der Waals surface area contributed by atoms with Gasteiger partial charge in [-0.25, -0.2) is 9.79 Å². The number of para-hydroxylation sites is 1. The number of hydrogen-bond acceptors (Lipinski definition) is 6. The Balaban J connectivity index is 1.45. The zero-order valence-corrected chi connectivity index (χ0v) is 17.7. The lowest BCUT2D eigenvalue weighted by Crippen LogP contribution is -2.10. The second kappa shape index (κ2) is 10.3. The normalized spacial score (nSPS) is 14.1. The molecule has 1 aliphatic rings. The van der Waals surface area contributed by atoms with Gasteiger partial charge in [-0.3, -0.25) is 0 Å². The minimum absolute atomic E-state index is 0.233. The van der Waals surface area contributed by atoms with E-state index in [2.05, 4.69) is 4.99 Å². The third-order valence-corrected chi connectivity index (χ3v) is 4.57. The van der Waals surface area contributed by atoms with Gasteiger partial charge < -0.3 is 18.9 Å². The summed E-state index contributed by atoms with van der Waals surface area (Å²) in [4.78, 5) is 16.6. The van der Waals surface area contributed by atoms with E-state index in [1.54, 1.807) is 6.08 Å². The number of hydrogen-bond donors (Lipinski definition) is 0. The molecule has 4 rings (SSSR count). The van der Waals surface area contributed by atoms with E-state index in [0.717, 1.165) is 16.9 Å². The van der Waals surface area contributed by atoms with Crippen molar-refractivity contribution in [3.8, 4) is 17.2 Å². The SMILES string of the molecule is CCOc1cc(/C=C2/N=C(c3ccccc3)OC2=O)ccc1OCCOc1ccccc1. The van der Waals surface area contributed by atoms with Gasteiger partial charge in [-0.05, 0) is 55.0 Å². The van der Waals surface area contributed by atoms with Crippen molar-refractivity contribution in [2.45, 2.75) is 6.92 Å². The van der Waals surface area contributed by atoms with Gasteiger partial charge in [-0.15, -0.1) is 0 Å². The van der Waals surface area contributed by atoms with Gasteiger partial charge in [0.15, 0.2) is 17.2 Å². The van der Waals surface area contributed by atoms with Crippen molar-refractivity contribution in [2.24, 2.45) is 4.99 Å².